The summed E-state index contributed by atoms with van der Waals surface area (Å²) >= 11 is 0. The van der Waals surface area contributed by atoms with Crippen LogP contribution in [0.15, 0.2) is 91.3 Å². The molecule has 0 saturated carbocycles. The molecule has 0 spiro atoms. The number of carbonyl (C=O) groups excluding carboxylic acids is 3. The lowest BCUT2D eigenvalue weighted by molar-refractivity contribution is -0.159. The first-order valence-electron chi connectivity index (χ1n) is 16.3. The number of fused-ring (bicyclic) bond motifs is 1. The van der Waals surface area contributed by atoms with Crippen LogP contribution in [0.3, 0.4) is 0 Å². The minimum atomic E-state index is -2.00. The number of nitrogens with zero attached hydrogens (tertiary/aromatic N) is 4. The molecule has 2 aromatic heterocycles. The molecular weight excluding hydrogens is 676 g/mol. The SMILES string of the molecule is Cc1ccc(CC(=O)OC[C@H]2O[C@@](C#N)(c3ccc4c(N)ncnn34)[C@H](COC(=O)Cc3ccc(F)cc3)[C@@H]2OC(=O)Cc2ccc(F)cc2)cc1. The first-order chi connectivity index (χ1) is 25.0. The molecular formula is C38H33F2N5O7. The molecule has 1 saturated heterocycles. The van der Waals surface area contributed by atoms with Crippen LogP contribution in [0.4, 0.5) is 14.6 Å². The molecule has 12 nitrogen and oxygen atoms in total. The van der Waals surface area contributed by atoms with E-state index in [1.165, 1.54) is 59.4 Å². The number of aromatic nitrogens is 3. The molecule has 6 rings (SSSR count). The molecule has 5 aromatic rings. The predicted molar refractivity (Wildman–Crippen MR) is 180 cm³/mol. The Kier molecular flexibility index (Phi) is 10.5. The summed E-state index contributed by atoms with van der Waals surface area (Å²) in [6.07, 6.45) is -1.91. The van der Waals surface area contributed by atoms with Gasteiger partial charge in [0, 0.05) is 0 Å². The van der Waals surface area contributed by atoms with Crippen molar-refractivity contribution in [3.05, 3.63) is 131 Å². The maximum Gasteiger partial charge on any atom is 0.310 e. The molecule has 3 aromatic carbocycles. The molecule has 0 amide bonds. The lowest BCUT2D eigenvalue weighted by Crippen LogP contribution is -2.42. The Bertz CT molecular complexity index is 2120. The monoisotopic (exact) mass is 709 g/mol. The summed E-state index contributed by atoms with van der Waals surface area (Å²) in [6, 6.07) is 23.2. The topological polar surface area (TPSA) is 168 Å². The Hall–Kier alpha value is -6.20. The van der Waals surface area contributed by atoms with Crippen LogP contribution in [0.1, 0.15) is 27.9 Å². The maximum absolute atomic E-state index is 13.6. The van der Waals surface area contributed by atoms with E-state index in [1.54, 1.807) is 24.3 Å². The number of halogens is 2. The van der Waals surface area contributed by atoms with E-state index in [4.69, 9.17) is 24.7 Å². The van der Waals surface area contributed by atoms with Crippen molar-refractivity contribution in [3.63, 3.8) is 0 Å². The highest BCUT2D eigenvalue weighted by molar-refractivity contribution is 5.74. The maximum atomic E-state index is 13.6. The van der Waals surface area contributed by atoms with Crippen molar-refractivity contribution >= 4 is 29.2 Å². The molecule has 1 aliphatic heterocycles. The summed E-state index contributed by atoms with van der Waals surface area (Å²) in [7, 11) is 0. The van der Waals surface area contributed by atoms with Gasteiger partial charge in [-0.2, -0.15) is 10.4 Å². The third-order valence-corrected chi connectivity index (χ3v) is 8.74. The van der Waals surface area contributed by atoms with Gasteiger partial charge in [-0.1, -0.05) is 54.1 Å². The number of rotatable bonds is 12. The molecule has 1 aliphatic rings. The van der Waals surface area contributed by atoms with E-state index >= 15 is 0 Å². The Labute approximate surface area is 296 Å². The Morgan fingerprint density at radius 3 is 1.94 bits per heavy atom. The number of esters is 3. The van der Waals surface area contributed by atoms with Crippen LogP contribution in [0.5, 0.6) is 0 Å². The van der Waals surface area contributed by atoms with Gasteiger partial charge in [-0.05, 0) is 60.0 Å². The van der Waals surface area contributed by atoms with Crippen molar-refractivity contribution in [2.24, 2.45) is 5.92 Å². The lowest BCUT2D eigenvalue weighted by Gasteiger charge is -2.28. The van der Waals surface area contributed by atoms with Crippen LogP contribution < -0.4 is 5.73 Å². The molecule has 0 radical (unpaired) electrons. The lowest BCUT2D eigenvalue weighted by atomic mass is 9.83. The molecule has 52 heavy (non-hydrogen) atoms. The van der Waals surface area contributed by atoms with E-state index in [-0.39, 0.29) is 30.8 Å². The first-order valence-corrected chi connectivity index (χ1v) is 16.3. The number of carbonyl (C=O) groups is 3. The molecule has 3 heterocycles. The standard InChI is InChI=1S/C38H33F2N5O7/c1-23-2-4-24(5-3-23)16-34(47)50-20-31-36(51-35(48)18-26-8-12-28(40)13-9-26)29(19-49-33(46)17-25-6-10-27(39)11-7-25)38(21-41,52-31)32-15-14-30-37(42)43-22-44-45(30)32/h2-15,22,29,31,36H,16-20H2,1H3,(H2,42,43,44)/t29-,31-,36+,38-/m1/s1. The van der Waals surface area contributed by atoms with Gasteiger partial charge in [0.15, 0.2) is 5.82 Å². The normalized spacial score (nSPS) is 19.5. The van der Waals surface area contributed by atoms with Crippen molar-refractivity contribution in [2.75, 3.05) is 18.9 Å². The van der Waals surface area contributed by atoms with Crippen LogP contribution in [-0.2, 0) is 58.2 Å². The van der Waals surface area contributed by atoms with Gasteiger partial charge in [0.05, 0.1) is 30.9 Å². The molecule has 4 atom stereocenters. The highest BCUT2D eigenvalue weighted by atomic mass is 19.1. The Morgan fingerprint density at radius 1 is 0.827 bits per heavy atom. The second-order valence-corrected chi connectivity index (χ2v) is 12.4. The summed E-state index contributed by atoms with van der Waals surface area (Å²) in [5, 5.41) is 15.2. The van der Waals surface area contributed by atoms with E-state index in [0.29, 0.717) is 22.2 Å². The van der Waals surface area contributed by atoms with Gasteiger partial charge in [-0.15, -0.1) is 0 Å². The number of ether oxygens (including phenoxy) is 4. The summed E-state index contributed by atoms with van der Waals surface area (Å²) < 4.78 is 52.2. The fraction of sp³-hybridized carbons (Fsp3) is 0.263. The van der Waals surface area contributed by atoms with E-state index in [9.17, 15) is 28.4 Å². The fourth-order valence-electron chi connectivity index (χ4n) is 6.10. The zero-order chi connectivity index (χ0) is 36.8. The molecule has 1 fully saturated rings. The largest absolute Gasteiger partial charge is 0.465 e. The minimum absolute atomic E-state index is 0.0601. The zero-order valence-electron chi connectivity index (χ0n) is 27.9. The summed E-state index contributed by atoms with van der Waals surface area (Å²) in [4.78, 5) is 43.6. The number of benzene rings is 3. The van der Waals surface area contributed by atoms with Crippen LogP contribution in [0.25, 0.3) is 5.52 Å². The average Bonchev–Trinajstić information content (AvgIpc) is 3.70. The number of aryl methyl sites for hydroxylation is 1. The third kappa shape index (κ3) is 7.90. The number of hydrogen-bond acceptors (Lipinski definition) is 11. The highest BCUT2D eigenvalue weighted by Gasteiger charge is 2.60. The van der Waals surface area contributed by atoms with E-state index in [0.717, 1.165) is 5.56 Å². The van der Waals surface area contributed by atoms with Gasteiger partial charge in [0.25, 0.3) is 0 Å². The van der Waals surface area contributed by atoms with Crippen LogP contribution in [0, 0.1) is 35.8 Å². The Morgan fingerprint density at radius 2 is 1.37 bits per heavy atom. The van der Waals surface area contributed by atoms with Gasteiger partial charge < -0.3 is 24.7 Å². The van der Waals surface area contributed by atoms with Crippen LogP contribution in [0.2, 0.25) is 0 Å². The van der Waals surface area contributed by atoms with Crippen molar-refractivity contribution in [1.29, 1.82) is 5.26 Å². The predicted octanol–water partition coefficient (Wildman–Crippen LogP) is 4.36. The van der Waals surface area contributed by atoms with Crippen molar-refractivity contribution in [1.82, 2.24) is 14.6 Å². The number of nitrogen functional groups attached to an aromatic ring is 1. The summed E-state index contributed by atoms with van der Waals surface area (Å²) in [5.41, 5.74) is 7.24. The van der Waals surface area contributed by atoms with E-state index < -0.39 is 66.5 Å². The van der Waals surface area contributed by atoms with Gasteiger partial charge >= 0.3 is 17.9 Å². The van der Waals surface area contributed by atoms with E-state index in [1.807, 2.05) is 19.1 Å². The van der Waals surface area contributed by atoms with Crippen LogP contribution in [-0.4, -0.2) is 57.9 Å². The smallest absolute Gasteiger partial charge is 0.310 e. The van der Waals surface area contributed by atoms with Gasteiger partial charge in [0.1, 0.15) is 55.0 Å². The number of nitriles is 1. The number of hydrogen-bond donors (Lipinski definition) is 1. The zero-order valence-corrected chi connectivity index (χ0v) is 27.9. The number of anilines is 1. The minimum Gasteiger partial charge on any atom is -0.465 e. The third-order valence-electron chi connectivity index (χ3n) is 8.74. The van der Waals surface area contributed by atoms with Crippen molar-refractivity contribution in [3.8, 4) is 6.07 Å². The van der Waals surface area contributed by atoms with Gasteiger partial charge in [-0.25, -0.2) is 18.3 Å². The molecule has 0 aliphatic carbocycles. The molecule has 0 bridgehead atoms. The Balaban J connectivity index is 1.33. The summed E-state index contributed by atoms with van der Waals surface area (Å²) in [6.45, 7) is 0.982. The van der Waals surface area contributed by atoms with Crippen molar-refractivity contribution in [2.45, 2.75) is 44.0 Å². The fourth-order valence-corrected chi connectivity index (χ4v) is 6.10. The molecule has 0 unspecified atom stereocenters. The van der Waals surface area contributed by atoms with Crippen molar-refractivity contribution < 1.29 is 42.1 Å². The summed E-state index contributed by atoms with van der Waals surface area (Å²) in [5.74, 6) is -4.14. The van der Waals surface area contributed by atoms with Gasteiger partial charge in [0.2, 0.25) is 5.60 Å². The van der Waals surface area contributed by atoms with E-state index in [2.05, 4.69) is 16.2 Å². The van der Waals surface area contributed by atoms with Crippen LogP contribution >= 0.6 is 0 Å². The molecule has 14 heteroatoms. The van der Waals surface area contributed by atoms with Gasteiger partial charge in [-0.3, -0.25) is 14.4 Å². The molecule has 266 valence electrons. The highest BCUT2D eigenvalue weighted by Crippen LogP contribution is 2.46. The quantitative estimate of drug-likeness (QED) is 0.144. The average molecular weight is 710 g/mol. The first kappa shape index (κ1) is 35.6. The second kappa shape index (κ2) is 15.4. The second-order valence-electron chi connectivity index (χ2n) is 12.4. The number of nitrogens with two attached hydrogens (primary N) is 1. The molecule has 2 N–H and O–H groups in total.